The van der Waals surface area contributed by atoms with Crippen molar-refractivity contribution in [2.45, 2.75) is 50.3 Å². The van der Waals surface area contributed by atoms with Gasteiger partial charge in [-0.05, 0) is 39.0 Å². The Balaban J connectivity index is 1.87. The minimum absolute atomic E-state index is 0.0122. The molecule has 0 fully saturated rings. The third kappa shape index (κ3) is 4.70. The molecule has 0 saturated carbocycles. The average molecular weight is 496 g/mol. The maximum atomic E-state index is 14.7. The van der Waals surface area contributed by atoms with E-state index in [0.29, 0.717) is 10.4 Å². The van der Waals surface area contributed by atoms with E-state index < -0.39 is 44.4 Å². The fourth-order valence-corrected chi connectivity index (χ4v) is 5.24. The van der Waals surface area contributed by atoms with Crippen molar-refractivity contribution in [1.82, 2.24) is 9.78 Å². The third-order valence-electron chi connectivity index (χ3n) is 5.37. The molecule has 1 atom stereocenters. The highest BCUT2D eigenvalue weighted by Gasteiger charge is 2.49. The highest BCUT2D eigenvalue weighted by molar-refractivity contribution is 7.93. The van der Waals surface area contributed by atoms with Crippen LogP contribution in [0.25, 0.3) is 0 Å². The Bertz CT molecular complexity index is 1180. The molecular weight excluding hydrogens is 474 g/mol. The van der Waals surface area contributed by atoms with Gasteiger partial charge in [-0.15, -0.1) is 0 Å². The van der Waals surface area contributed by atoms with Gasteiger partial charge >= 0.3 is 6.18 Å². The van der Waals surface area contributed by atoms with Gasteiger partial charge in [-0.3, -0.25) is 9.67 Å². The van der Waals surface area contributed by atoms with Crippen molar-refractivity contribution in [2.24, 2.45) is 10.7 Å². The zero-order valence-electron chi connectivity index (χ0n) is 17.5. The number of anilines is 1. The number of nitrogens with zero attached hydrogens (tertiary/aromatic N) is 3. The van der Waals surface area contributed by atoms with Crippen LogP contribution in [0, 0.1) is 5.82 Å². The highest BCUT2D eigenvalue weighted by Crippen LogP contribution is 2.38. The first-order valence-electron chi connectivity index (χ1n) is 9.45. The normalized spacial score (nSPS) is 22.4. The SMILES string of the molecule is CC1(c2cc(NCc3nn(CC(F)(F)F)cc3Cl)ccc2F)CS(=O)(=O)C(C)(C)C(N)=N1. The van der Waals surface area contributed by atoms with Crippen molar-refractivity contribution in [2.75, 3.05) is 11.1 Å². The molecular formula is C19H22ClF4N5O2S. The first kappa shape index (κ1) is 24.3. The zero-order valence-corrected chi connectivity index (χ0v) is 19.0. The summed E-state index contributed by atoms with van der Waals surface area (Å²) in [6.45, 7) is 3.04. The largest absolute Gasteiger partial charge is 0.408 e. The second kappa shape index (κ2) is 7.91. The number of hydrogen-bond acceptors (Lipinski definition) is 6. The van der Waals surface area contributed by atoms with Crippen LogP contribution in [0.1, 0.15) is 32.0 Å². The molecule has 1 aliphatic heterocycles. The Morgan fingerprint density at radius 3 is 2.53 bits per heavy atom. The lowest BCUT2D eigenvalue weighted by molar-refractivity contribution is -0.142. The third-order valence-corrected chi connectivity index (χ3v) is 8.39. The summed E-state index contributed by atoms with van der Waals surface area (Å²) in [6, 6.07) is 3.93. The molecule has 0 spiro atoms. The van der Waals surface area contributed by atoms with Crippen LogP contribution in [-0.2, 0) is 28.5 Å². The maximum absolute atomic E-state index is 14.7. The quantitative estimate of drug-likeness (QED) is 0.617. The summed E-state index contributed by atoms with van der Waals surface area (Å²) in [5.74, 6) is -1.23. The van der Waals surface area contributed by atoms with Gasteiger partial charge in [-0.2, -0.15) is 18.3 Å². The molecule has 1 aromatic heterocycles. The number of halogens is 5. The molecule has 0 saturated heterocycles. The van der Waals surface area contributed by atoms with Crippen molar-refractivity contribution < 1.29 is 26.0 Å². The molecule has 3 rings (SSSR count). The number of alkyl halides is 3. The summed E-state index contributed by atoms with van der Waals surface area (Å²) >= 11 is 5.97. The summed E-state index contributed by atoms with van der Waals surface area (Å²) < 4.78 is 77.1. The molecule has 0 bridgehead atoms. The Kier molecular flexibility index (Phi) is 6.01. The number of benzene rings is 1. The van der Waals surface area contributed by atoms with Crippen molar-refractivity contribution in [1.29, 1.82) is 0 Å². The summed E-state index contributed by atoms with van der Waals surface area (Å²) in [5.41, 5.74) is 5.01. The molecule has 2 heterocycles. The van der Waals surface area contributed by atoms with Crippen LogP contribution in [0.3, 0.4) is 0 Å². The van der Waals surface area contributed by atoms with E-state index in [1.54, 1.807) is 0 Å². The summed E-state index contributed by atoms with van der Waals surface area (Å²) in [4.78, 5) is 4.31. The first-order valence-corrected chi connectivity index (χ1v) is 11.5. The molecule has 32 heavy (non-hydrogen) atoms. The van der Waals surface area contributed by atoms with Crippen molar-refractivity contribution in [3.63, 3.8) is 0 Å². The lowest BCUT2D eigenvalue weighted by atomic mass is 9.92. The van der Waals surface area contributed by atoms with Crippen LogP contribution in [0.5, 0.6) is 0 Å². The smallest absolute Gasteiger partial charge is 0.386 e. The molecule has 2 aromatic rings. The van der Waals surface area contributed by atoms with E-state index in [-0.39, 0.29) is 28.7 Å². The topological polar surface area (TPSA) is 102 Å². The van der Waals surface area contributed by atoms with E-state index in [4.69, 9.17) is 17.3 Å². The Hall–Kier alpha value is -2.34. The second-order valence-corrected chi connectivity index (χ2v) is 11.3. The molecule has 0 amide bonds. The minimum Gasteiger partial charge on any atom is -0.386 e. The predicted molar refractivity (Wildman–Crippen MR) is 114 cm³/mol. The molecule has 3 N–H and O–H groups in total. The molecule has 0 aliphatic carbocycles. The Morgan fingerprint density at radius 2 is 1.94 bits per heavy atom. The Labute approximate surface area is 187 Å². The minimum atomic E-state index is -4.45. The second-order valence-electron chi connectivity index (χ2n) is 8.32. The van der Waals surface area contributed by atoms with E-state index in [1.807, 2.05) is 0 Å². The Morgan fingerprint density at radius 1 is 1.28 bits per heavy atom. The maximum Gasteiger partial charge on any atom is 0.408 e. The van der Waals surface area contributed by atoms with E-state index in [9.17, 15) is 26.0 Å². The number of amidine groups is 1. The fourth-order valence-electron chi connectivity index (χ4n) is 3.34. The van der Waals surface area contributed by atoms with Gasteiger partial charge in [0.05, 0.1) is 17.3 Å². The van der Waals surface area contributed by atoms with Gasteiger partial charge in [0, 0.05) is 17.4 Å². The number of aromatic nitrogens is 2. The number of hydrogen-bond donors (Lipinski definition) is 2. The molecule has 1 aromatic carbocycles. The van der Waals surface area contributed by atoms with Crippen LogP contribution in [-0.4, -0.2) is 40.7 Å². The van der Waals surface area contributed by atoms with Crippen molar-refractivity contribution in [3.05, 3.63) is 46.5 Å². The first-order chi connectivity index (χ1) is 14.5. The number of nitrogens with two attached hydrogens (primary N) is 1. The van der Waals surface area contributed by atoms with Gasteiger partial charge in [0.25, 0.3) is 0 Å². The van der Waals surface area contributed by atoms with Gasteiger partial charge in [0.1, 0.15) is 34.2 Å². The average Bonchev–Trinajstić information content (AvgIpc) is 2.96. The fraction of sp³-hybridized carbons (Fsp3) is 0.474. The van der Waals surface area contributed by atoms with Crippen LogP contribution in [0.15, 0.2) is 29.4 Å². The standard InChI is InChI=1S/C19H22ClF4N5O2S/c1-17(2)16(25)27-18(3,10-32(17,30)31)12-6-11(4-5-14(12)21)26-7-15-13(20)8-29(28-15)9-19(22,23)24/h4-6,8,26H,7,9-10H2,1-3H3,(H2,25,27). The van der Waals surface area contributed by atoms with Gasteiger partial charge in [0.15, 0.2) is 9.84 Å². The lowest BCUT2D eigenvalue weighted by Gasteiger charge is -2.38. The van der Waals surface area contributed by atoms with Gasteiger partial charge in [0.2, 0.25) is 0 Å². The van der Waals surface area contributed by atoms with E-state index in [1.165, 1.54) is 32.9 Å². The summed E-state index contributed by atoms with van der Waals surface area (Å²) in [7, 11) is -3.73. The van der Waals surface area contributed by atoms with E-state index >= 15 is 0 Å². The van der Waals surface area contributed by atoms with Gasteiger partial charge < -0.3 is 11.1 Å². The summed E-state index contributed by atoms with van der Waals surface area (Å²) in [6.07, 6.45) is -3.38. The molecule has 176 valence electrons. The number of rotatable bonds is 5. The summed E-state index contributed by atoms with van der Waals surface area (Å²) in [5, 5.41) is 6.76. The highest BCUT2D eigenvalue weighted by atomic mass is 35.5. The van der Waals surface area contributed by atoms with Gasteiger partial charge in [-0.25, -0.2) is 12.8 Å². The molecule has 0 radical (unpaired) electrons. The van der Waals surface area contributed by atoms with E-state index in [0.717, 1.165) is 12.3 Å². The van der Waals surface area contributed by atoms with E-state index in [2.05, 4.69) is 15.4 Å². The van der Waals surface area contributed by atoms with Crippen LogP contribution < -0.4 is 11.1 Å². The number of nitrogens with one attached hydrogen (secondary N) is 1. The van der Waals surface area contributed by atoms with Crippen molar-refractivity contribution in [3.8, 4) is 0 Å². The van der Waals surface area contributed by atoms with Crippen LogP contribution in [0.4, 0.5) is 23.2 Å². The lowest BCUT2D eigenvalue weighted by Crippen LogP contribution is -2.54. The van der Waals surface area contributed by atoms with Crippen LogP contribution >= 0.6 is 11.6 Å². The number of sulfone groups is 1. The monoisotopic (exact) mass is 495 g/mol. The molecule has 13 heteroatoms. The molecule has 1 unspecified atom stereocenters. The van der Waals surface area contributed by atoms with Crippen molar-refractivity contribution >= 4 is 33.0 Å². The molecule has 7 nitrogen and oxygen atoms in total. The van der Waals surface area contributed by atoms with Gasteiger partial charge in [-0.1, -0.05) is 11.6 Å². The van der Waals surface area contributed by atoms with Crippen LogP contribution in [0.2, 0.25) is 5.02 Å². The molecule has 1 aliphatic rings. The predicted octanol–water partition coefficient (Wildman–Crippen LogP) is 3.63. The number of aliphatic imine (C=N–C) groups is 1. The zero-order chi connectivity index (χ0) is 24.1.